The molecular formula is C23H30ClN3O4S. The van der Waals surface area contributed by atoms with Crippen LogP contribution in [0.2, 0.25) is 5.02 Å². The molecule has 0 saturated carbocycles. The molecule has 0 bridgehead atoms. The topological polar surface area (TPSA) is 79.0 Å². The monoisotopic (exact) mass is 479 g/mol. The summed E-state index contributed by atoms with van der Waals surface area (Å²) in [6.07, 6.45) is 4.96. The van der Waals surface area contributed by atoms with E-state index in [9.17, 15) is 13.2 Å². The molecule has 0 radical (unpaired) electrons. The molecular weight excluding hydrogens is 450 g/mol. The maximum Gasteiger partial charge on any atom is 0.248 e. The van der Waals surface area contributed by atoms with Gasteiger partial charge in [-0.3, -0.25) is 9.10 Å². The minimum absolute atomic E-state index is 0.227. The Labute approximate surface area is 195 Å². The van der Waals surface area contributed by atoms with Crippen LogP contribution in [-0.2, 0) is 14.8 Å². The summed E-state index contributed by atoms with van der Waals surface area (Å²) in [6.45, 7) is 3.84. The fourth-order valence-electron chi connectivity index (χ4n) is 4.00. The summed E-state index contributed by atoms with van der Waals surface area (Å²) in [5.41, 5.74) is 1.96. The van der Waals surface area contributed by atoms with Crippen molar-refractivity contribution in [2.24, 2.45) is 0 Å². The SMILES string of the molecule is CC[C@@H](C(=O)Nc1ccc(N2CCCCC2)cc1)N(c1cc(Cl)ccc1OC)S(C)(=O)=O. The lowest BCUT2D eigenvalue weighted by Crippen LogP contribution is -2.47. The lowest BCUT2D eigenvalue weighted by Gasteiger charge is -2.31. The summed E-state index contributed by atoms with van der Waals surface area (Å²) in [6, 6.07) is 11.4. The fourth-order valence-corrected chi connectivity index (χ4v) is 5.38. The van der Waals surface area contributed by atoms with Gasteiger partial charge in [0.1, 0.15) is 11.8 Å². The highest BCUT2D eigenvalue weighted by molar-refractivity contribution is 7.92. The summed E-state index contributed by atoms with van der Waals surface area (Å²) >= 11 is 6.12. The second-order valence-corrected chi connectivity index (χ2v) is 10.2. The van der Waals surface area contributed by atoms with Gasteiger partial charge in [-0.15, -0.1) is 0 Å². The third-order valence-corrected chi connectivity index (χ3v) is 6.96. The van der Waals surface area contributed by atoms with Crippen molar-refractivity contribution in [3.05, 3.63) is 47.5 Å². The second kappa shape index (κ2) is 10.4. The van der Waals surface area contributed by atoms with E-state index in [1.165, 1.54) is 32.4 Å². The Morgan fingerprint density at radius 3 is 2.38 bits per heavy atom. The molecule has 2 aromatic carbocycles. The third-order valence-electron chi connectivity index (χ3n) is 5.56. The second-order valence-electron chi connectivity index (χ2n) is 7.88. The molecule has 0 unspecified atom stereocenters. The van der Waals surface area contributed by atoms with Crippen LogP contribution in [0.3, 0.4) is 0 Å². The Morgan fingerprint density at radius 1 is 1.16 bits per heavy atom. The Bertz CT molecular complexity index is 1040. The number of ether oxygens (including phenoxy) is 1. The van der Waals surface area contributed by atoms with E-state index in [0.717, 1.165) is 29.3 Å². The van der Waals surface area contributed by atoms with Crippen molar-refractivity contribution in [2.75, 3.05) is 41.0 Å². The van der Waals surface area contributed by atoms with E-state index in [0.29, 0.717) is 16.5 Å². The number of nitrogens with one attached hydrogen (secondary N) is 1. The third kappa shape index (κ3) is 5.66. The number of sulfonamides is 1. The van der Waals surface area contributed by atoms with E-state index in [1.54, 1.807) is 19.1 Å². The number of anilines is 3. The number of nitrogens with zero attached hydrogens (tertiary/aromatic N) is 2. The molecule has 32 heavy (non-hydrogen) atoms. The number of hydrogen-bond acceptors (Lipinski definition) is 5. The number of hydrogen-bond donors (Lipinski definition) is 1. The highest BCUT2D eigenvalue weighted by Crippen LogP contribution is 2.35. The molecule has 1 aliphatic heterocycles. The molecule has 0 aromatic heterocycles. The molecule has 1 aliphatic rings. The van der Waals surface area contributed by atoms with Crippen LogP contribution in [-0.4, -0.2) is 46.8 Å². The smallest absolute Gasteiger partial charge is 0.248 e. The number of carbonyl (C=O) groups excluding carboxylic acids is 1. The van der Waals surface area contributed by atoms with Crippen molar-refractivity contribution in [3.8, 4) is 5.75 Å². The summed E-state index contributed by atoms with van der Waals surface area (Å²) in [4.78, 5) is 15.5. The Morgan fingerprint density at radius 2 is 1.81 bits per heavy atom. The molecule has 3 rings (SSSR count). The van der Waals surface area contributed by atoms with Crippen molar-refractivity contribution in [2.45, 2.75) is 38.6 Å². The quantitative estimate of drug-likeness (QED) is 0.602. The average Bonchev–Trinajstić information content (AvgIpc) is 2.77. The van der Waals surface area contributed by atoms with Crippen molar-refractivity contribution in [1.82, 2.24) is 0 Å². The number of amides is 1. The first-order valence-electron chi connectivity index (χ1n) is 10.7. The van der Waals surface area contributed by atoms with E-state index < -0.39 is 22.0 Å². The van der Waals surface area contributed by atoms with E-state index in [1.807, 2.05) is 24.3 Å². The summed E-state index contributed by atoms with van der Waals surface area (Å²) in [5, 5.41) is 3.21. The van der Waals surface area contributed by atoms with Gasteiger partial charge in [-0.25, -0.2) is 8.42 Å². The predicted octanol–water partition coefficient (Wildman–Crippen LogP) is 4.52. The van der Waals surface area contributed by atoms with Crippen molar-refractivity contribution >= 4 is 44.6 Å². The van der Waals surface area contributed by atoms with E-state index in [-0.39, 0.29) is 12.1 Å². The predicted molar refractivity (Wildman–Crippen MR) is 131 cm³/mol. The number of carbonyl (C=O) groups is 1. The molecule has 2 aromatic rings. The van der Waals surface area contributed by atoms with Gasteiger partial charge in [0, 0.05) is 29.5 Å². The van der Waals surface area contributed by atoms with Gasteiger partial charge in [0.25, 0.3) is 0 Å². The van der Waals surface area contributed by atoms with Crippen LogP contribution < -0.4 is 19.3 Å². The molecule has 7 nitrogen and oxygen atoms in total. The minimum atomic E-state index is -3.81. The molecule has 1 atom stereocenters. The summed E-state index contributed by atoms with van der Waals surface area (Å²) in [7, 11) is -2.37. The molecule has 1 N–H and O–H groups in total. The number of methoxy groups -OCH3 is 1. The number of benzene rings is 2. The highest BCUT2D eigenvalue weighted by Gasteiger charge is 2.33. The van der Waals surface area contributed by atoms with Gasteiger partial charge in [-0.2, -0.15) is 0 Å². The van der Waals surface area contributed by atoms with E-state index in [4.69, 9.17) is 16.3 Å². The zero-order valence-electron chi connectivity index (χ0n) is 18.7. The zero-order chi connectivity index (χ0) is 23.3. The largest absolute Gasteiger partial charge is 0.495 e. The van der Waals surface area contributed by atoms with Crippen LogP contribution >= 0.6 is 11.6 Å². The Hall–Kier alpha value is -2.45. The first-order chi connectivity index (χ1) is 15.2. The van der Waals surface area contributed by atoms with Crippen LogP contribution in [0.25, 0.3) is 0 Å². The van der Waals surface area contributed by atoms with Gasteiger partial charge in [0.2, 0.25) is 15.9 Å². The molecule has 1 saturated heterocycles. The Balaban J connectivity index is 1.85. The van der Waals surface area contributed by atoms with Crippen LogP contribution in [0.5, 0.6) is 5.75 Å². The molecule has 9 heteroatoms. The maximum atomic E-state index is 13.2. The van der Waals surface area contributed by atoms with Crippen molar-refractivity contribution in [3.63, 3.8) is 0 Å². The van der Waals surface area contributed by atoms with Gasteiger partial charge < -0.3 is 15.0 Å². The molecule has 1 fully saturated rings. The summed E-state index contributed by atoms with van der Waals surface area (Å²) in [5.74, 6) is -0.109. The number of piperidine rings is 1. The lowest BCUT2D eigenvalue weighted by atomic mass is 10.1. The van der Waals surface area contributed by atoms with Crippen LogP contribution in [0, 0.1) is 0 Å². The van der Waals surface area contributed by atoms with Crippen molar-refractivity contribution in [1.29, 1.82) is 0 Å². The fraction of sp³-hybridized carbons (Fsp3) is 0.435. The van der Waals surface area contributed by atoms with Crippen LogP contribution in [0.4, 0.5) is 17.1 Å². The van der Waals surface area contributed by atoms with Crippen LogP contribution in [0.1, 0.15) is 32.6 Å². The standard InChI is InChI=1S/C23H30ClN3O4S/c1-4-20(27(32(3,29)30)21-16-17(24)8-13-22(21)31-2)23(28)25-18-9-11-19(12-10-18)26-14-6-5-7-15-26/h8-13,16,20H,4-7,14-15H2,1-3H3,(H,25,28)/t20-/m0/s1. The Kier molecular flexibility index (Phi) is 7.90. The average molecular weight is 480 g/mol. The molecule has 0 spiro atoms. The molecule has 1 heterocycles. The van der Waals surface area contributed by atoms with Crippen molar-refractivity contribution < 1.29 is 17.9 Å². The van der Waals surface area contributed by atoms with Gasteiger partial charge in [-0.1, -0.05) is 18.5 Å². The first-order valence-corrected chi connectivity index (χ1v) is 13.0. The van der Waals surface area contributed by atoms with Crippen LogP contribution in [0.15, 0.2) is 42.5 Å². The summed E-state index contributed by atoms with van der Waals surface area (Å²) < 4.78 is 31.9. The number of rotatable bonds is 8. The van der Waals surface area contributed by atoms with E-state index in [2.05, 4.69) is 10.2 Å². The number of halogens is 1. The molecule has 174 valence electrons. The highest BCUT2D eigenvalue weighted by atomic mass is 35.5. The van der Waals surface area contributed by atoms with E-state index >= 15 is 0 Å². The zero-order valence-corrected chi connectivity index (χ0v) is 20.2. The minimum Gasteiger partial charge on any atom is -0.495 e. The molecule has 0 aliphatic carbocycles. The van der Waals surface area contributed by atoms with Gasteiger partial charge in [0.15, 0.2) is 0 Å². The van der Waals surface area contributed by atoms with Gasteiger partial charge in [-0.05, 0) is 68.1 Å². The molecule has 1 amide bonds. The maximum absolute atomic E-state index is 13.2. The normalized spacial score (nSPS) is 15.2. The lowest BCUT2D eigenvalue weighted by molar-refractivity contribution is -0.117. The van der Waals surface area contributed by atoms with Gasteiger partial charge in [0.05, 0.1) is 19.1 Å². The van der Waals surface area contributed by atoms with Gasteiger partial charge >= 0.3 is 0 Å². The first kappa shape index (κ1) is 24.2.